The zero-order valence-corrected chi connectivity index (χ0v) is 12.8. The van der Waals surface area contributed by atoms with Crippen LogP contribution in [0.2, 0.25) is 0 Å². The molecule has 0 unspecified atom stereocenters. The molecule has 0 bridgehead atoms. The van der Waals surface area contributed by atoms with Crippen molar-refractivity contribution in [1.82, 2.24) is 0 Å². The molecule has 1 aromatic rings. The molecule has 0 amide bonds. The summed E-state index contributed by atoms with van der Waals surface area (Å²) in [6, 6.07) is 9.26. The van der Waals surface area contributed by atoms with Gasteiger partial charge in [0.05, 0.1) is 7.11 Å². The molecule has 1 spiro atoms. The van der Waals surface area contributed by atoms with Crippen molar-refractivity contribution in [2.45, 2.75) is 18.6 Å². The number of ether oxygens (including phenoxy) is 2. The molecule has 1 saturated heterocycles. The Hall–Kier alpha value is -2.66. The Morgan fingerprint density at radius 1 is 1.30 bits per heavy atom. The Balaban J connectivity index is 1.99. The van der Waals surface area contributed by atoms with E-state index < -0.39 is 23.3 Å². The summed E-state index contributed by atoms with van der Waals surface area (Å²) in [6.45, 7) is 1.72. The first-order chi connectivity index (χ1) is 11.0. The van der Waals surface area contributed by atoms with Crippen molar-refractivity contribution in [2.75, 3.05) is 7.11 Å². The van der Waals surface area contributed by atoms with E-state index in [1.54, 1.807) is 13.0 Å². The van der Waals surface area contributed by atoms with Gasteiger partial charge in [0, 0.05) is 6.08 Å². The molecule has 1 heterocycles. The van der Waals surface area contributed by atoms with E-state index in [4.69, 9.17) is 9.47 Å². The number of epoxide rings is 1. The summed E-state index contributed by atoms with van der Waals surface area (Å²) in [5, 5.41) is 10.2. The van der Waals surface area contributed by atoms with Gasteiger partial charge in [-0.25, -0.2) is 0 Å². The van der Waals surface area contributed by atoms with Crippen LogP contribution < -0.4 is 0 Å². The maximum atomic E-state index is 12.6. The van der Waals surface area contributed by atoms with E-state index in [0.717, 1.165) is 5.56 Å². The topological polar surface area (TPSA) is 76.1 Å². The van der Waals surface area contributed by atoms with Crippen molar-refractivity contribution in [3.63, 3.8) is 0 Å². The zero-order valence-electron chi connectivity index (χ0n) is 12.8. The highest BCUT2D eigenvalue weighted by atomic mass is 16.6. The average molecular weight is 312 g/mol. The molecular formula is C18H16O5. The third-order valence-electron chi connectivity index (χ3n) is 4.03. The number of aliphatic hydroxyl groups is 1. The lowest BCUT2D eigenvalue weighted by atomic mass is 9.84. The van der Waals surface area contributed by atoms with Crippen LogP contribution in [0, 0.1) is 0 Å². The standard InChI is InChI=1S/C18H16O5/c1-11-18(23-11)15(22-2)10-14(20)16(17(18)21)13(19)9-8-12-6-4-3-5-7-12/h3-11,19H,1-2H3/b9-8+,16-13-/t11-,18-/m1/s1. The van der Waals surface area contributed by atoms with Crippen LogP contribution >= 0.6 is 0 Å². The third kappa shape index (κ3) is 2.39. The molecule has 1 aromatic carbocycles. The molecule has 5 nitrogen and oxygen atoms in total. The second kappa shape index (κ2) is 5.52. The van der Waals surface area contributed by atoms with Gasteiger partial charge in [0.15, 0.2) is 5.78 Å². The van der Waals surface area contributed by atoms with Crippen molar-refractivity contribution in [2.24, 2.45) is 0 Å². The highest BCUT2D eigenvalue weighted by Crippen LogP contribution is 2.48. The highest BCUT2D eigenvalue weighted by Gasteiger charge is 2.67. The first-order valence-electron chi connectivity index (χ1n) is 7.20. The summed E-state index contributed by atoms with van der Waals surface area (Å²) in [5.74, 6) is -1.35. The highest BCUT2D eigenvalue weighted by molar-refractivity contribution is 6.31. The molecule has 2 aliphatic rings. The van der Waals surface area contributed by atoms with Gasteiger partial charge in [0.1, 0.15) is 23.2 Å². The molecule has 5 heteroatoms. The van der Waals surface area contributed by atoms with Crippen LogP contribution in [0.15, 0.2) is 59.6 Å². The minimum absolute atomic E-state index is 0.184. The van der Waals surface area contributed by atoms with Crippen molar-refractivity contribution < 1.29 is 24.2 Å². The Bertz CT molecular complexity index is 757. The zero-order chi connectivity index (χ0) is 16.6. The molecule has 0 saturated carbocycles. The molecule has 2 atom stereocenters. The average Bonchev–Trinajstić information content (AvgIpc) is 3.22. The monoisotopic (exact) mass is 312 g/mol. The first-order valence-corrected chi connectivity index (χ1v) is 7.20. The number of aliphatic hydroxyl groups excluding tert-OH is 1. The smallest absolute Gasteiger partial charge is 0.214 e. The second-order valence-corrected chi connectivity index (χ2v) is 5.41. The molecule has 0 radical (unpaired) electrons. The molecule has 1 fully saturated rings. The molecule has 1 aliphatic heterocycles. The van der Waals surface area contributed by atoms with Crippen molar-refractivity contribution in [3.05, 3.63) is 65.1 Å². The fourth-order valence-corrected chi connectivity index (χ4v) is 2.73. The van der Waals surface area contributed by atoms with Gasteiger partial charge in [-0.1, -0.05) is 36.4 Å². The lowest BCUT2D eigenvalue weighted by molar-refractivity contribution is -0.124. The van der Waals surface area contributed by atoms with Gasteiger partial charge in [-0.2, -0.15) is 0 Å². The van der Waals surface area contributed by atoms with Gasteiger partial charge in [0.25, 0.3) is 0 Å². The Morgan fingerprint density at radius 2 is 1.96 bits per heavy atom. The Kier molecular flexibility index (Phi) is 3.66. The van der Waals surface area contributed by atoms with E-state index in [1.807, 2.05) is 30.3 Å². The molecule has 3 rings (SSSR count). The summed E-state index contributed by atoms with van der Waals surface area (Å²) in [4.78, 5) is 24.8. The number of carbonyl (C=O) groups is 2. The summed E-state index contributed by atoms with van der Waals surface area (Å²) in [6.07, 6.45) is 3.78. The maximum Gasteiger partial charge on any atom is 0.214 e. The van der Waals surface area contributed by atoms with E-state index >= 15 is 0 Å². The van der Waals surface area contributed by atoms with E-state index in [0.29, 0.717) is 0 Å². The van der Waals surface area contributed by atoms with Crippen molar-refractivity contribution in [3.8, 4) is 0 Å². The number of rotatable bonds is 3. The van der Waals surface area contributed by atoms with Gasteiger partial charge < -0.3 is 14.6 Å². The number of methoxy groups -OCH3 is 1. The number of hydrogen-bond acceptors (Lipinski definition) is 5. The Morgan fingerprint density at radius 3 is 2.52 bits per heavy atom. The SMILES string of the molecule is COC1=CC(=O)/C(=C(O)\C=C\c2ccccc2)C(=O)[C@]12O[C@@H]2C. The maximum absolute atomic E-state index is 12.6. The lowest BCUT2D eigenvalue weighted by Crippen LogP contribution is -2.38. The summed E-state index contributed by atoms with van der Waals surface area (Å²) < 4.78 is 10.5. The quantitative estimate of drug-likeness (QED) is 0.401. The van der Waals surface area contributed by atoms with Crippen LogP contribution in [0.1, 0.15) is 12.5 Å². The number of ketones is 2. The Labute approximate surface area is 133 Å². The van der Waals surface area contributed by atoms with Crippen LogP contribution in [0.25, 0.3) is 6.08 Å². The van der Waals surface area contributed by atoms with Crippen LogP contribution in [0.5, 0.6) is 0 Å². The van der Waals surface area contributed by atoms with E-state index in [1.165, 1.54) is 19.3 Å². The number of hydrogen-bond donors (Lipinski definition) is 1. The predicted octanol–water partition coefficient (Wildman–Crippen LogP) is 2.35. The minimum Gasteiger partial charge on any atom is -0.507 e. The minimum atomic E-state index is -1.27. The summed E-state index contributed by atoms with van der Waals surface area (Å²) >= 11 is 0. The van der Waals surface area contributed by atoms with Crippen LogP contribution in [-0.2, 0) is 19.1 Å². The van der Waals surface area contributed by atoms with E-state index in [2.05, 4.69) is 0 Å². The van der Waals surface area contributed by atoms with Crippen molar-refractivity contribution in [1.29, 1.82) is 0 Å². The lowest BCUT2D eigenvalue weighted by Gasteiger charge is -2.20. The van der Waals surface area contributed by atoms with Crippen LogP contribution in [0.4, 0.5) is 0 Å². The number of allylic oxidation sites excluding steroid dienone is 2. The summed E-state index contributed by atoms with van der Waals surface area (Å²) in [5.41, 5.74) is -0.705. The van der Waals surface area contributed by atoms with E-state index in [-0.39, 0.29) is 17.1 Å². The molecule has 118 valence electrons. The van der Waals surface area contributed by atoms with Gasteiger partial charge in [0.2, 0.25) is 11.4 Å². The van der Waals surface area contributed by atoms with Crippen LogP contribution in [-0.4, -0.2) is 35.5 Å². The van der Waals surface area contributed by atoms with Gasteiger partial charge in [-0.05, 0) is 18.6 Å². The first kappa shape index (κ1) is 15.2. The predicted molar refractivity (Wildman–Crippen MR) is 83.5 cm³/mol. The molecule has 0 aromatic heterocycles. The second-order valence-electron chi connectivity index (χ2n) is 5.41. The van der Waals surface area contributed by atoms with Gasteiger partial charge in [-0.15, -0.1) is 0 Å². The molecular weight excluding hydrogens is 296 g/mol. The molecule has 23 heavy (non-hydrogen) atoms. The molecule has 1 N–H and O–H groups in total. The van der Waals surface area contributed by atoms with Crippen LogP contribution in [0.3, 0.4) is 0 Å². The van der Waals surface area contributed by atoms with Crippen molar-refractivity contribution >= 4 is 17.6 Å². The van der Waals surface area contributed by atoms with E-state index in [9.17, 15) is 14.7 Å². The number of carbonyl (C=O) groups excluding carboxylic acids is 2. The molecule has 1 aliphatic carbocycles. The summed E-state index contributed by atoms with van der Waals surface area (Å²) in [7, 11) is 1.38. The number of Topliss-reactive ketones (excluding diaryl/α,β-unsaturated/α-hetero) is 1. The fraction of sp³-hybridized carbons (Fsp3) is 0.222. The van der Waals surface area contributed by atoms with Gasteiger partial charge in [-0.3, -0.25) is 9.59 Å². The largest absolute Gasteiger partial charge is 0.507 e. The van der Waals surface area contributed by atoms with Gasteiger partial charge >= 0.3 is 0 Å². The fourth-order valence-electron chi connectivity index (χ4n) is 2.73. The normalized spacial score (nSPS) is 29.0. The number of benzene rings is 1. The third-order valence-corrected chi connectivity index (χ3v) is 4.03.